The normalized spacial score (nSPS) is 13.7. The van der Waals surface area contributed by atoms with Gasteiger partial charge in [0.1, 0.15) is 0 Å². The average molecular weight is 297 g/mol. The van der Waals surface area contributed by atoms with E-state index in [4.69, 9.17) is 0 Å². The van der Waals surface area contributed by atoms with Crippen molar-refractivity contribution in [3.8, 4) is 0 Å². The molecule has 0 aromatic heterocycles. The van der Waals surface area contributed by atoms with Crippen LogP contribution in [0.25, 0.3) is 0 Å². The van der Waals surface area contributed by atoms with Gasteiger partial charge in [-0.1, -0.05) is 45.7 Å². The molecule has 1 aromatic carbocycles. The first kappa shape index (κ1) is 17.2. The number of hydrogen-bond donors (Lipinski definition) is 1. The Labute approximate surface area is 123 Å². The third-order valence-corrected chi connectivity index (χ3v) is 5.01. The average Bonchev–Trinajstić information content (AvgIpc) is 2.42. The van der Waals surface area contributed by atoms with Crippen LogP contribution in [0.1, 0.15) is 51.6 Å². The van der Waals surface area contributed by atoms with Crippen LogP contribution in [0.5, 0.6) is 0 Å². The summed E-state index contributed by atoms with van der Waals surface area (Å²) in [5.41, 5.74) is 1.17. The Hall–Kier alpha value is -0.870. The van der Waals surface area contributed by atoms with Gasteiger partial charge in [-0.15, -0.1) is 0 Å². The number of benzene rings is 1. The molecule has 20 heavy (non-hydrogen) atoms. The fourth-order valence-electron chi connectivity index (χ4n) is 2.49. The molecule has 0 heterocycles. The number of sulfone groups is 1. The van der Waals surface area contributed by atoms with Crippen LogP contribution in [-0.2, 0) is 9.84 Å². The van der Waals surface area contributed by atoms with E-state index in [0.29, 0.717) is 16.9 Å². The van der Waals surface area contributed by atoms with Gasteiger partial charge in [0.05, 0.1) is 4.90 Å². The van der Waals surface area contributed by atoms with Crippen molar-refractivity contribution in [3.63, 3.8) is 0 Å². The van der Waals surface area contributed by atoms with Crippen molar-refractivity contribution in [3.05, 3.63) is 29.8 Å². The molecule has 1 unspecified atom stereocenters. The minimum atomic E-state index is -3.11. The quantitative estimate of drug-likeness (QED) is 0.798. The zero-order valence-electron chi connectivity index (χ0n) is 13.0. The van der Waals surface area contributed by atoms with Crippen molar-refractivity contribution in [2.24, 2.45) is 5.92 Å². The van der Waals surface area contributed by atoms with Crippen LogP contribution >= 0.6 is 0 Å². The third kappa shape index (κ3) is 4.91. The van der Waals surface area contributed by atoms with Crippen LogP contribution in [0, 0.1) is 5.92 Å². The van der Waals surface area contributed by atoms with Crippen molar-refractivity contribution >= 4 is 9.84 Å². The zero-order chi connectivity index (χ0) is 15.2. The molecule has 0 bridgehead atoms. The lowest BCUT2D eigenvalue weighted by atomic mass is 9.91. The van der Waals surface area contributed by atoms with E-state index in [1.54, 1.807) is 12.1 Å². The van der Waals surface area contributed by atoms with Gasteiger partial charge in [-0.05, 0) is 36.6 Å². The van der Waals surface area contributed by atoms with Crippen LogP contribution in [0.2, 0.25) is 0 Å². The highest BCUT2D eigenvalue weighted by Crippen LogP contribution is 2.26. The van der Waals surface area contributed by atoms with Gasteiger partial charge in [-0.3, -0.25) is 0 Å². The minimum Gasteiger partial charge on any atom is -0.310 e. The van der Waals surface area contributed by atoms with Crippen molar-refractivity contribution in [2.45, 2.75) is 51.0 Å². The highest BCUT2D eigenvalue weighted by atomic mass is 32.2. The lowest BCUT2D eigenvalue weighted by Crippen LogP contribution is -2.23. The van der Waals surface area contributed by atoms with Crippen molar-refractivity contribution in [1.29, 1.82) is 0 Å². The molecule has 1 rings (SSSR count). The molecule has 0 radical (unpaired) electrons. The van der Waals surface area contributed by atoms with Crippen LogP contribution in [0.15, 0.2) is 29.2 Å². The molecule has 0 spiro atoms. The maximum absolute atomic E-state index is 11.5. The van der Waals surface area contributed by atoms with E-state index < -0.39 is 9.84 Å². The Kier molecular flexibility index (Phi) is 6.69. The summed E-state index contributed by atoms with van der Waals surface area (Å²) in [5.74, 6) is 0.702. The molecule has 1 aromatic rings. The molecule has 0 aliphatic carbocycles. The Morgan fingerprint density at radius 2 is 1.60 bits per heavy atom. The molecule has 0 aliphatic rings. The number of rotatable bonds is 8. The van der Waals surface area contributed by atoms with Crippen molar-refractivity contribution in [2.75, 3.05) is 12.8 Å². The van der Waals surface area contributed by atoms with E-state index in [-0.39, 0.29) is 0 Å². The maximum Gasteiger partial charge on any atom is 0.175 e. The SMILES string of the molecule is CCNC(CC(CC)CC)c1ccc(S(C)(=O)=O)cc1. The fraction of sp³-hybridized carbons (Fsp3) is 0.625. The molecular weight excluding hydrogens is 270 g/mol. The second-order valence-electron chi connectivity index (χ2n) is 5.37. The Balaban J connectivity index is 2.92. The Morgan fingerprint density at radius 1 is 1.05 bits per heavy atom. The summed E-state index contributed by atoms with van der Waals surface area (Å²) in [5, 5.41) is 3.51. The van der Waals surface area contributed by atoms with Crippen LogP contribution in [0.3, 0.4) is 0 Å². The lowest BCUT2D eigenvalue weighted by molar-refractivity contribution is 0.375. The number of nitrogens with one attached hydrogen (secondary N) is 1. The highest BCUT2D eigenvalue weighted by Gasteiger charge is 2.16. The lowest BCUT2D eigenvalue weighted by Gasteiger charge is -2.23. The van der Waals surface area contributed by atoms with Gasteiger partial charge in [-0.25, -0.2) is 8.42 Å². The first-order valence-electron chi connectivity index (χ1n) is 7.45. The Morgan fingerprint density at radius 3 is 2.00 bits per heavy atom. The van der Waals surface area contributed by atoms with E-state index in [2.05, 4.69) is 26.1 Å². The third-order valence-electron chi connectivity index (χ3n) is 3.88. The molecule has 3 nitrogen and oxygen atoms in total. The van der Waals surface area contributed by atoms with Gasteiger partial charge in [0.2, 0.25) is 0 Å². The molecule has 0 saturated carbocycles. The molecule has 1 N–H and O–H groups in total. The summed E-state index contributed by atoms with van der Waals surface area (Å²) in [6.07, 6.45) is 4.70. The smallest absolute Gasteiger partial charge is 0.175 e. The van der Waals surface area contributed by atoms with Crippen molar-refractivity contribution in [1.82, 2.24) is 5.32 Å². The summed E-state index contributed by atoms with van der Waals surface area (Å²) in [6, 6.07) is 7.60. The van der Waals surface area contributed by atoms with E-state index in [1.165, 1.54) is 24.7 Å². The van der Waals surface area contributed by atoms with Gasteiger partial charge in [-0.2, -0.15) is 0 Å². The first-order chi connectivity index (χ1) is 9.42. The predicted molar refractivity (Wildman–Crippen MR) is 84.7 cm³/mol. The van der Waals surface area contributed by atoms with Gasteiger partial charge < -0.3 is 5.32 Å². The number of hydrogen-bond acceptors (Lipinski definition) is 3. The monoisotopic (exact) mass is 297 g/mol. The second kappa shape index (κ2) is 7.79. The summed E-state index contributed by atoms with van der Waals surface area (Å²) < 4.78 is 23.0. The van der Waals surface area contributed by atoms with Crippen molar-refractivity contribution < 1.29 is 8.42 Å². The van der Waals surface area contributed by atoms with Crippen LogP contribution in [0.4, 0.5) is 0 Å². The van der Waals surface area contributed by atoms with E-state index >= 15 is 0 Å². The standard InChI is InChI=1S/C16H27NO2S/c1-5-13(6-2)12-16(17-7-3)14-8-10-15(11-9-14)20(4,18)19/h8-11,13,16-17H,5-7,12H2,1-4H3. The Bertz CT molecular complexity index is 490. The van der Waals surface area contributed by atoms with Gasteiger partial charge >= 0.3 is 0 Å². The maximum atomic E-state index is 11.5. The van der Waals surface area contributed by atoms with E-state index in [0.717, 1.165) is 13.0 Å². The summed E-state index contributed by atoms with van der Waals surface area (Å²) in [7, 11) is -3.11. The molecule has 0 saturated heterocycles. The van der Waals surface area contributed by atoms with E-state index in [9.17, 15) is 8.42 Å². The second-order valence-corrected chi connectivity index (χ2v) is 7.39. The molecule has 0 aliphatic heterocycles. The summed E-state index contributed by atoms with van der Waals surface area (Å²) >= 11 is 0. The molecule has 4 heteroatoms. The summed E-state index contributed by atoms with van der Waals surface area (Å²) in [6.45, 7) is 7.47. The van der Waals surface area contributed by atoms with Gasteiger partial charge in [0.25, 0.3) is 0 Å². The van der Waals surface area contributed by atoms with Gasteiger partial charge in [0, 0.05) is 12.3 Å². The molecule has 114 valence electrons. The molecular formula is C16H27NO2S. The largest absolute Gasteiger partial charge is 0.310 e. The predicted octanol–water partition coefficient (Wildman–Crippen LogP) is 3.57. The van der Waals surface area contributed by atoms with Crippen LogP contribution < -0.4 is 5.32 Å². The molecule has 1 atom stereocenters. The summed E-state index contributed by atoms with van der Waals surface area (Å²) in [4.78, 5) is 0.388. The topological polar surface area (TPSA) is 46.2 Å². The van der Waals surface area contributed by atoms with E-state index in [1.807, 2.05) is 12.1 Å². The zero-order valence-corrected chi connectivity index (χ0v) is 13.8. The molecule has 0 fully saturated rings. The van der Waals surface area contributed by atoms with Gasteiger partial charge in [0.15, 0.2) is 9.84 Å². The highest BCUT2D eigenvalue weighted by molar-refractivity contribution is 7.90. The first-order valence-corrected chi connectivity index (χ1v) is 9.34. The minimum absolute atomic E-state index is 0.304. The van der Waals surface area contributed by atoms with Crippen LogP contribution in [-0.4, -0.2) is 21.2 Å². The molecule has 0 amide bonds. The fourth-order valence-corrected chi connectivity index (χ4v) is 3.12.